The molecule has 6 nitrogen and oxygen atoms in total. The summed E-state index contributed by atoms with van der Waals surface area (Å²) in [5.41, 5.74) is 1.04. The third-order valence-electron chi connectivity index (χ3n) is 4.77. The summed E-state index contributed by atoms with van der Waals surface area (Å²) in [6.45, 7) is 4.90. The topological polar surface area (TPSA) is 59.7 Å². The number of thiazole rings is 1. The van der Waals surface area contributed by atoms with Crippen LogP contribution in [0.15, 0.2) is 34.9 Å². The summed E-state index contributed by atoms with van der Waals surface area (Å²) in [4.78, 5) is 16.5. The third-order valence-corrected chi connectivity index (χ3v) is 6.25. The van der Waals surface area contributed by atoms with Crippen molar-refractivity contribution < 1.29 is 9.53 Å². The molecule has 1 atom stereocenters. The highest BCUT2D eigenvalue weighted by atomic mass is 79.9. The summed E-state index contributed by atoms with van der Waals surface area (Å²) in [6, 6.07) is 8.08. The van der Waals surface area contributed by atoms with Gasteiger partial charge in [-0.3, -0.25) is 14.1 Å². The number of hydrogen-bond donors (Lipinski definition) is 0. The van der Waals surface area contributed by atoms with Crippen LogP contribution in [0.25, 0.3) is 16.3 Å². The van der Waals surface area contributed by atoms with Crippen LogP contribution < -0.4 is 0 Å². The molecule has 0 aliphatic carbocycles. The Hall–Kier alpha value is -1.77. The van der Waals surface area contributed by atoms with Gasteiger partial charge < -0.3 is 4.74 Å². The van der Waals surface area contributed by atoms with Crippen LogP contribution in [0.4, 0.5) is 0 Å². The van der Waals surface area contributed by atoms with Gasteiger partial charge in [0.05, 0.1) is 12.5 Å². The van der Waals surface area contributed by atoms with E-state index in [1.165, 1.54) is 4.88 Å². The Kier molecular flexibility index (Phi) is 5.56. The number of benzene rings is 1. The van der Waals surface area contributed by atoms with Crippen molar-refractivity contribution in [3.05, 3.63) is 39.8 Å². The van der Waals surface area contributed by atoms with Crippen molar-refractivity contribution in [1.82, 2.24) is 19.5 Å². The number of aromatic nitrogens is 3. The van der Waals surface area contributed by atoms with E-state index >= 15 is 0 Å². The molecule has 0 spiro atoms. The molecule has 142 valence electrons. The van der Waals surface area contributed by atoms with E-state index in [1.807, 2.05) is 31.2 Å². The number of fused-ring (bicyclic) bond motifs is 1. The number of rotatable bonds is 5. The van der Waals surface area contributed by atoms with Crippen molar-refractivity contribution in [3.63, 3.8) is 0 Å². The van der Waals surface area contributed by atoms with Crippen molar-refractivity contribution in [3.8, 4) is 11.4 Å². The first-order valence-electron chi connectivity index (χ1n) is 9.12. The average molecular weight is 449 g/mol. The van der Waals surface area contributed by atoms with Crippen LogP contribution >= 0.6 is 27.3 Å². The lowest BCUT2D eigenvalue weighted by atomic mass is 9.98. The fourth-order valence-corrected chi connectivity index (χ4v) is 4.71. The first kappa shape index (κ1) is 18.6. The van der Waals surface area contributed by atoms with Gasteiger partial charge in [0, 0.05) is 34.2 Å². The maximum atomic E-state index is 12.0. The van der Waals surface area contributed by atoms with Crippen molar-refractivity contribution in [1.29, 1.82) is 0 Å². The zero-order valence-corrected chi connectivity index (χ0v) is 17.5. The zero-order valence-electron chi connectivity index (χ0n) is 15.1. The van der Waals surface area contributed by atoms with Crippen molar-refractivity contribution >= 4 is 38.2 Å². The Balaban J connectivity index is 1.50. The first-order chi connectivity index (χ1) is 13.1. The molecular formula is C19H21BrN4O2S. The molecule has 0 radical (unpaired) electrons. The summed E-state index contributed by atoms with van der Waals surface area (Å²) in [5, 5.41) is 8.66. The molecule has 1 aromatic carbocycles. The number of halogens is 1. The highest BCUT2D eigenvalue weighted by Crippen LogP contribution is 2.27. The van der Waals surface area contributed by atoms with Gasteiger partial charge in [-0.1, -0.05) is 39.4 Å². The van der Waals surface area contributed by atoms with Crippen LogP contribution in [0, 0.1) is 5.92 Å². The molecule has 3 aromatic rings. The largest absolute Gasteiger partial charge is 0.466 e. The Morgan fingerprint density at radius 3 is 2.93 bits per heavy atom. The van der Waals surface area contributed by atoms with Crippen molar-refractivity contribution in [2.75, 3.05) is 19.7 Å². The van der Waals surface area contributed by atoms with Gasteiger partial charge in [-0.25, -0.2) is 0 Å². The van der Waals surface area contributed by atoms with Crippen molar-refractivity contribution in [2.45, 2.75) is 26.3 Å². The number of ether oxygens (including phenoxy) is 1. The second-order valence-corrected chi connectivity index (χ2v) is 8.72. The molecule has 1 fully saturated rings. The number of likely N-dealkylation sites (tertiary alicyclic amines) is 1. The maximum Gasteiger partial charge on any atom is 0.310 e. The summed E-state index contributed by atoms with van der Waals surface area (Å²) in [6.07, 6.45) is 4.06. The molecule has 4 rings (SSSR count). The molecule has 3 heterocycles. The van der Waals surface area contributed by atoms with Gasteiger partial charge in [0.25, 0.3) is 0 Å². The lowest BCUT2D eigenvalue weighted by Gasteiger charge is -2.30. The van der Waals surface area contributed by atoms with Gasteiger partial charge >= 0.3 is 5.97 Å². The molecule has 2 aromatic heterocycles. The van der Waals surface area contributed by atoms with Crippen LogP contribution in [-0.4, -0.2) is 45.2 Å². The van der Waals surface area contributed by atoms with Gasteiger partial charge in [-0.2, -0.15) is 0 Å². The van der Waals surface area contributed by atoms with Crippen molar-refractivity contribution in [2.24, 2.45) is 5.92 Å². The lowest BCUT2D eigenvalue weighted by molar-refractivity contribution is -0.150. The number of esters is 1. The molecule has 1 unspecified atom stereocenters. The number of piperidine rings is 1. The lowest BCUT2D eigenvalue weighted by Crippen LogP contribution is -2.38. The van der Waals surface area contributed by atoms with Crippen LogP contribution in [0.1, 0.15) is 24.6 Å². The predicted molar refractivity (Wildman–Crippen MR) is 109 cm³/mol. The second kappa shape index (κ2) is 8.08. The van der Waals surface area contributed by atoms with Gasteiger partial charge in [-0.05, 0) is 38.4 Å². The monoisotopic (exact) mass is 448 g/mol. The SMILES string of the molecule is CCOC(=O)C1CCCN(Cc2cn3c(-c4ccc(Br)cc4)nnc3s2)C1. The van der Waals surface area contributed by atoms with Gasteiger partial charge in [0.1, 0.15) is 0 Å². The summed E-state index contributed by atoms with van der Waals surface area (Å²) in [7, 11) is 0. The zero-order chi connectivity index (χ0) is 18.8. The predicted octanol–water partition coefficient (Wildman–Crippen LogP) is 4.00. The van der Waals surface area contributed by atoms with Gasteiger partial charge in [0.15, 0.2) is 5.82 Å². The minimum atomic E-state index is -0.0649. The molecule has 1 aliphatic rings. The number of carbonyl (C=O) groups is 1. The van der Waals surface area contributed by atoms with E-state index in [4.69, 9.17) is 4.74 Å². The molecule has 1 aliphatic heterocycles. The normalized spacial score (nSPS) is 18.1. The Morgan fingerprint density at radius 1 is 1.33 bits per heavy atom. The van der Waals surface area contributed by atoms with E-state index in [-0.39, 0.29) is 11.9 Å². The number of nitrogens with zero attached hydrogens (tertiary/aromatic N) is 4. The fraction of sp³-hybridized carbons (Fsp3) is 0.421. The Labute approximate surface area is 170 Å². The minimum Gasteiger partial charge on any atom is -0.466 e. The van der Waals surface area contributed by atoms with E-state index in [1.54, 1.807) is 11.3 Å². The van der Waals surface area contributed by atoms with E-state index in [2.05, 4.69) is 41.6 Å². The molecule has 27 heavy (non-hydrogen) atoms. The Morgan fingerprint density at radius 2 is 2.15 bits per heavy atom. The van der Waals surface area contributed by atoms with Crippen LogP contribution in [-0.2, 0) is 16.1 Å². The molecular weight excluding hydrogens is 428 g/mol. The second-order valence-electron chi connectivity index (χ2n) is 6.71. The molecule has 0 N–H and O–H groups in total. The van der Waals surface area contributed by atoms with Crippen LogP contribution in [0.5, 0.6) is 0 Å². The quantitative estimate of drug-likeness (QED) is 0.552. The van der Waals surface area contributed by atoms with Crippen LogP contribution in [0.3, 0.4) is 0 Å². The third kappa shape index (κ3) is 4.07. The summed E-state index contributed by atoms with van der Waals surface area (Å²) in [5.74, 6) is 0.774. The average Bonchev–Trinajstić information content (AvgIpc) is 3.23. The molecule has 0 amide bonds. The first-order valence-corrected chi connectivity index (χ1v) is 10.7. The van der Waals surface area contributed by atoms with E-state index in [0.717, 1.165) is 53.3 Å². The highest BCUT2D eigenvalue weighted by Gasteiger charge is 2.27. The van der Waals surface area contributed by atoms with E-state index < -0.39 is 0 Å². The van der Waals surface area contributed by atoms with Gasteiger partial charge in [0.2, 0.25) is 4.96 Å². The van der Waals surface area contributed by atoms with Crippen LogP contribution in [0.2, 0.25) is 0 Å². The highest BCUT2D eigenvalue weighted by molar-refractivity contribution is 9.10. The number of carbonyl (C=O) groups excluding carboxylic acids is 1. The molecule has 8 heteroatoms. The summed E-state index contributed by atoms with van der Waals surface area (Å²) < 4.78 is 8.29. The standard InChI is InChI=1S/C19H21BrN4O2S/c1-2-26-18(25)14-4-3-9-23(10-14)11-16-12-24-17(21-22-19(24)27-16)13-5-7-15(20)8-6-13/h5-8,12,14H,2-4,9-11H2,1H3. The van der Waals surface area contributed by atoms with Gasteiger partial charge in [-0.15, -0.1) is 10.2 Å². The minimum absolute atomic E-state index is 0.0114. The number of hydrogen-bond acceptors (Lipinski definition) is 6. The summed E-state index contributed by atoms with van der Waals surface area (Å²) >= 11 is 5.12. The molecule has 0 bridgehead atoms. The Bertz CT molecular complexity index is 937. The molecule has 0 saturated carbocycles. The van der Waals surface area contributed by atoms with E-state index in [9.17, 15) is 4.79 Å². The maximum absolute atomic E-state index is 12.0. The fourth-order valence-electron chi connectivity index (χ4n) is 3.49. The smallest absolute Gasteiger partial charge is 0.310 e. The van der Waals surface area contributed by atoms with E-state index in [0.29, 0.717) is 6.61 Å². The molecule has 1 saturated heterocycles.